The van der Waals surface area contributed by atoms with Crippen LogP contribution >= 0.6 is 11.3 Å². The molecule has 5 heteroatoms. The zero-order chi connectivity index (χ0) is 15.2. The van der Waals surface area contributed by atoms with E-state index in [0.717, 1.165) is 29.8 Å². The second-order valence-electron chi connectivity index (χ2n) is 5.25. The van der Waals surface area contributed by atoms with Crippen molar-refractivity contribution in [1.82, 2.24) is 10.2 Å². The number of carbonyl (C=O) groups is 1. The Morgan fingerprint density at radius 3 is 2.76 bits per heavy atom. The van der Waals surface area contributed by atoms with Gasteiger partial charge in [-0.1, -0.05) is 42.9 Å². The summed E-state index contributed by atoms with van der Waals surface area (Å²) < 4.78 is 0. The summed E-state index contributed by atoms with van der Waals surface area (Å²) in [4.78, 5) is 12.0. The molecule has 0 aliphatic carbocycles. The SMILES string of the molecule is CCCCc1nnc(NC(=O)Cc2ccc(C)c(C)c2)s1. The van der Waals surface area contributed by atoms with Crippen LogP contribution in [0.4, 0.5) is 5.13 Å². The molecule has 0 fully saturated rings. The van der Waals surface area contributed by atoms with Crippen LogP contribution in [0.3, 0.4) is 0 Å². The smallest absolute Gasteiger partial charge is 0.230 e. The molecule has 0 saturated carbocycles. The Kier molecular flexibility index (Phi) is 5.44. The monoisotopic (exact) mass is 303 g/mol. The number of benzene rings is 1. The molecule has 0 aliphatic rings. The lowest BCUT2D eigenvalue weighted by Gasteiger charge is -2.05. The highest BCUT2D eigenvalue weighted by Gasteiger charge is 2.09. The van der Waals surface area contributed by atoms with Crippen molar-refractivity contribution in [3.8, 4) is 0 Å². The molecule has 2 rings (SSSR count). The lowest BCUT2D eigenvalue weighted by molar-refractivity contribution is -0.115. The number of hydrogen-bond donors (Lipinski definition) is 1. The predicted octanol–water partition coefficient (Wildman–Crippen LogP) is 3.68. The van der Waals surface area contributed by atoms with Gasteiger partial charge in [0.15, 0.2) is 0 Å². The van der Waals surface area contributed by atoms with E-state index in [1.54, 1.807) is 0 Å². The second kappa shape index (κ2) is 7.31. The van der Waals surface area contributed by atoms with Gasteiger partial charge in [-0.3, -0.25) is 4.79 Å². The van der Waals surface area contributed by atoms with Crippen molar-refractivity contribution in [1.29, 1.82) is 0 Å². The molecular weight excluding hydrogens is 282 g/mol. The number of aryl methyl sites for hydroxylation is 3. The molecule has 0 saturated heterocycles. The molecule has 0 atom stereocenters. The topological polar surface area (TPSA) is 54.9 Å². The third kappa shape index (κ3) is 4.63. The highest BCUT2D eigenvalue weighted by atomic mass is 32.1. The normalized spacial score (nSPS) is 10.6. The average Bonchev–Trinajstić information content (AvgIpc) is 2.88. The van der Waals surface area contributed by atoms with E-state index >= 15 is 0 Å². The van der Waals surface area contributed by atoms with Gasteiger partial charge >= 0.3 is 0 Å². The summed E-state index contributed by atoms with van der Waals surface area (Å²) in [6.45, 7) is 6.27. The van der Waals surface area contributed by atoms with Crippen molar-refractivity contribution in [2.45, 2.75) is 46.5 Å². The molecule has 1 amide bonds. The maximum atomic E-state index is 12.0. The van der Waals surface area contributed by atoms with Crippen molar-refractivity contribution in [2.75, 3.05) is 5.32 Å². The van der Waals surface area contributed by atoms with E-state index in [-0.39, 0.29) is 5.91 Å². The largest absolute Gasteiger partial charge is 0.300 e. The Balaban J connectivity index is 1.91. The van der Waals surface area contributed by atoms with Crippen LogP contribution < -0.4 is 5.32 Å². The van der Waals surface area contributed by atoms with Gasteiger partial charge in [-0.05, 0) is 37.0 Å². The van der Waals surface area contributed by atoms with E-state index in [2.05, 4.69) is 42.4 Å². The number of nitrogens with one attached hydrogen (secondary N) is 1. The summed E-state index contributed by atoms with van der Waals surface area (Å²) >= 11 is 1.46. The fourth-order valence-electron chi connectivity index (χ4n) is 2.00. The molecule has 1 aromatic carbocycles. The van der Waals surface area contributed by atoms with E-state index in [1.165, 1.54) is 22.5 Å². The van der Waals surface area contributed by atoms with E-state index in [1.807, 2.05) is 12.1 Å². The number of anilines is 1. The van der Waals surface area contributed by atoms with Gasteiger partial charge in [-0.2, -0.15) is 0 Å². The Labute approximate surface area is 129 Å². The van der Waals surface area contributed by atoms with Gasteiger partial charge in [-0.15, -0.1) is 10.2 Å². The van der Waals surface area contributed by atoms with Crippen LogP contribution in [0.25, 0.3) is 0 Å². The van der Waals surface area contributed by atoms with Crippen LogP contribution in [0.1, 0.15) is 41.5 Å². The predicted molar refractivity (Wildman–Crippen MR) is 86.8 cm³/mol. The molecule has 0 spiro atoms. The summed E-state index contributed by atoms with van der Waals surface area (Å²) in [6.07, 6.45) is 3.53. The maximum Gasteiger partial charge on any atom is 0.230 e. The molecular formula is C16H21N3OS. The molecule has 1 heterocycles. The molecule has 0 unspecified atom stereocenters. The number of unbranched alkanes of at least 4 members (excludes halogenated alkanes) is 1. The van der Waals surface area contributed by atoms with Crippen LogP contribution in [-0.2, 0) is 17.6 Å². The number of nitrogens with zero attached hydrogens (tertiary/aromatic N) is 2. The first-order valence-corrected chi connectivity index (χ1v) is 8.08. The molecule has 112 valence electrons. The highest BCUT2D eigenvalue weighted by Crippen LogP contribution is 2.18. The van der Waals surface area contributed by atoms with Crippen molar-refractivity contribution in [2.24, 2.45) is 0 Å². The van der Waals surface area contributed by atoms with Crippen LogP contribution in [0.15, 0.2) is 18.2 Å². The molecule has 1 N–H and O–H groups in total. The Hall–Kier alpha value is -1.75. The standard InChI is InChI=1S/C16H21N3OS/c1-4-5-6-15-18-19-16(21-15)17-14(20)10-13-8-7-11(2)12(3)9-13/h7-9H,4-6,10H2,1-3H3,(H,17,19,20). The summed E-state index contributed by atoms with van der Waals surface area (Å²) in [5, 5.41) is 12.5. The van der Waals surface area contributed by atoms with Gasteiger partial charge in [0, 0.05) is 6.42 Å². The molecule has 4 nitrogen and oxygen atoms in total. The number of rotatable bonds is 6. The minimum atomic E-state index is -0.0450. The molecule has 2 aromatic rings. The van der Waals surface area contributed by atoms with E-state index in [9.17, 15) is 4.79 Å². The third-order valence-electron chi connectivity index (χ3n) is 3.39. The van der Waals surface area contributed by atoms with Gasteiger partial charge in [0.05, 0.1) is 6.42 Å². The molecule has 0 aliphatic heterocycles. The first-order chi connectivity index (χ1) is 10.1. The van der Waals surface area contributed by atoms with Gasteiger partial charge in [0.1, 0.15) is 5.01 Å². The van der Waals surface area contributed by atoms with Crippen LogP contribution in [0.2, 0.25) is 0 Å². The number of aromatic nitrogens is 2. The van der Waals surface area contributed by atoms with Crippen molar-refractivity contribution in [3.05, 3.63) is 39.9 Å². The minimum Gasteiger partial charge on any atom is -0.300 e. The molecule has 1 aromatic heterocycles. The first kappa shape index (κ1) is 15.6. The van der Waals surface area contributed by atoms with Crippen LogP contribution in [0, 0.1) is 13.8 Å². The average molecular weight is 303 g/mol. The number of hydrogen-bond acceptors (Lipinski definition) is 4. The summed E-state index contributed by atoms with van der Waals surface area (Å²) in [6, 6.07) is 6.10. The second-order valence-corrected chi connectivity index (χ2v) is 6.31. The quantitative estimate of drug-likeness (QED) is 0.885. The van der Waals surface area contributed by atoms with Crippen molar-refractivity contribution in [3.63, 3.8) is 0 Å². The molecule has 0 bridgehead atoms. The van der Waals surface area contributed by atoms with Gasteiger partial charge in [0.2, 0.25) is 11.0 Å². The maximum absolute atomic E-state index is 12.0. The fourth-order valence-corrected chi connectivity index (χ4v) is 2.79. The Morgan fingerprint density at radius 2 is 2.05 bits per heavy atom. The summed E-state index contributed by atoms with van der Waals surface area (Å²) in [7, 11) is 0. The molecule has 21 heavy (non-hydrogen) atoms. The van der Waals surface area contributed by atoms with E-state index in [0.29, 0.717) is 11.6 Å². The van der Waals surface area contributed by atoms with Crippen LogP contribution in [0.5, 0.6) is 0 Å². The number of carbonyl (C=O) groups excluding carboxylic acids is 1. The fraction of sp³-hybridized carbons (Fsp3) is 0.438. The summed E-state index contributed by atoms with van der Waals surface area (Å²) in [5.41, 5.74) is 3.47. The van der Waals surface area contributed by atoms with E-state index < -0.39 is 0 Å². The summed E-state index contributed by atoms with van der Waals surface area (Å²) in [5.74, 6) is -0.0450. The molecule has 0 radical (unpaired) electrons. The lowest BCUT2D eigenvalue weighted by Crippen LogP contribution is -2.14. The Bertz CT molecular complexity index is 622. The van der Waals surface area contributed by atoms with Crippen molar-refractivity contribution < 1.29 is 4.79 Å². The highest BCUT2D eigenvalue weighted by molar-refractivity contribution is 7.15. The first-order valence-electron chi connectivity index (χ1n) is 7.27. The minimum absolute atomic E-state index is 0.0450. The van der Waals surface area contributed by atoms with Gasteiger partial charge < -0.3 is 5.32 Å². The zero-order valence-corrected chi connectivity index (χ0v) is 13.6. The lowest BCUT2D eigenvalue weighted by atomic mass is 10.0. The van der Waals surface area contributed by atoms with Gasteiger partial charge in [-0.25, -0.2) is 0 Å². The van der Waals surface area contributed by atoms with Crippen molar-refractivity contribution >= 4 is 22.4 Å². The van der Waals surface area contributed by atoms with E-state index in [4.69, 9.17) is 0 Å². The van der Waals surface area contributed by atoms with Gasteiger partial charge in [0.25, 0.3) is 0 Å². The van der Waals surface area contributed by atoms with Crippen LogP contribution in [-0.4, -0.2) is 16.1 Å². The Morgan fingerprint density at radius 1 is 1.24 bits per heavy atom. The zero-order valence-electron chi connectivity index (χ0n) is 12.8. The third-order valence-corrected chi connectivity index (χ3v) is 4.29. The number of amides is 1.